The van der Waals surface area contributed by atoms with Gasteiger partial charge in [-0.3, -0.25) is 14.4 Å². The van der Waals surface area contributed by atoms with Crippen LogP contribution in [0.4, 0.5) is 5.69 Å². The average molecular weight is 658 g/mol. The van der Waals surface area contributed by atoms with Gasteiger partial charge in [0.1, 0.15) is 17.4 Å². The van der Waals surface area contributed by atoms with Gasteiger partial charge in [-0.1, -0.05) is 49.4 Å². The van der Waals surface area contributed by atoms with Crippen LogP contribution >= 0.6 is 0 Å². The van der Waals surface area contributed by atoms with Crippen molar-refractivity contribution in [2.45, 2.75) is 83.2 Å². The highest BCUT2D eigenvalue weighted by atomic mass is 16.5. The first-order valence-corrected chi connectivity index (χ1v) is 17.0. The van der Waals surface area contributed by atoms with E-state index in [1.807, 2.05) is 96.1 Å². The van der Waals surface area contributed by atoms with Crippen LogP contribution in [0.15, 0.2) is 79.9 Å². The van der Waals surface area contributed by atoms with Gasteiger partial charge in [0.15, 0.2) is 0 Å². The Morgan fingerprint density at radius 1 is 1.08 bits per heavy atom. The molecule has 3 aliphatic rings. The van der Waals surface area contributed by atoms with E-state index in [1.165, 1.54) is 0 Å². The number of ether oxygens (including phenoxy) is 2. The number of hydrogen-bond acceptors (Lipinski definition) is 6. The van der Waals surface area contributed by atoms with E-state index in [2.05, 4.69) is 13.2 Å². The molecule has 1 N–H and O–H groups in total. The first kappa shape index (κ1) is 35.4. The monoisotopic (exact) mass is 657 g/mol. The van der Waals surface area contributed by atoms with Crippen LogP contribution in [0.2, 0.25) is 0 Å². The summed E-state index contributed by atoms with van der Waals surface area (Å²) in [7, 11) is 0. The summed E-state index contributed by atoms with van der Waals surface area (Å²) < 4.78 is 12.7. The lowest BCUT2D eigenvalue weighted by atomic mass is 9.62. The summed E-state index contributed by atoms with van der Waals surface area (Å²) in [5.41, 5.74) is -1.30. The molecule has 2 bridgehead atoms. The molecule has 48 heavy (non-hydrogen) atoms. The van der Waals surface area contributed by atoms with Gasteiger partial charge in [-0.25, -0.2) is 0 Å². The summed E-state index contributed by atoms with van der Waals surface area (Å²) >= 11 is 0. The van der Waals surface area contributed by atoms with E-state index in [0.717, 1.165) is 5.56 Å². The molecular formula is C39H51N3O6. The van der Waals surface area contributed by atoms with Crippen molar-refractivity contribution >= 4 is 23.4 Å². The van der Waals surface area contributed by atoms with Crippen molar-refractivity contribution in [3.8, 4) is 5.75 Å². The molecule has 9 heteroatoms. The maximum atomic E-state index is 15.0. The molecule has 258 valence electrons. The topological polar surface area (TPSA) is 99.6 Å². The molecule has 2 aromatic carbocycles. The molecule has 0 aromatic heterocycles. The van der Waals surface area contributed by atoms with E-state index < -0.39 is 40.7 Å². The summed E-state index contributed by atoms with van der Waals surface area (Å²) in [4.78, 5) is 49.9. The predicted octanol–water partition coefficient (Wildman–Crippen LogP) is 5.03. The van der Waals surface area contributed by atoms with Crippen LogP contribution in [0.1, 0.15) is 53.5 Å². The van der Waals surface area contributed by atoms with E-state index in [1.54, 1.807) is 26.9 Å². The molecule has 3 unspecified atom stereocenters. The minimum Gasteiger partial charge on any atom is -0.494 e. The number of benzene rings is 2. The molecule has 1 spiro atoms. The minimum absolute atomic E-state index is 0.138. The second kappa shape index (κ2) is 13.5. The van der Waals surface area contributed by atoms with Crippen LogP contribution in [0.5, 0.6) is 5.75 Å². The highest BCUT2D eigenvalue weighted by molar-refractivity contribution is 6.03. The summed E-state index contributed by atoms with van der Waals surface area (Å²) in [6.45, 7) is 20.2. The van der Waals surface area contributed by atoms with Gasteiger partial charge in [0.2, 0.25) is 17.7 Å². The maximum Gasteiger partial charge on any atom is 0.249 e. The van der Waals surface area contributed by atoms with Gasteiger partial charge >= 0.3 is 0 Å². The van der Waals surface area contributed by atoms with Gasteiger partial charge in [-0.05, 0) is 83.2 Å². The van der Waals surface area contributed by atoms with Crippen molar-refractivity contribution in [3.05, 3.63) is 85.5 Å². The number of anilines is 1. The van der Waals surface area contributed by atoms with Gasteiger partial charge in [0.25, 0.3) is 0 Å². The molecule has 5 rings (SSSR count). The van der Waals surface area contributed by atoms with Gasteiger partial charge in [-0.2, -0.15) is 0 Å². The van der Waals surface area contributed by atoms with Crippen LogP contribution in [0.3, 0.4) is 0 Å². The van der Waals surface area contributed by atoms with Crippen molar-refractivity contribution in [3.63, 3.8) is 0 Å². The Hall–Kier alpha value is -3.95. The maximum absolute atomic E-state index is 15.0. The Morgan fingerprint density at radius 3 is 2.29 bits per heavy atom. The number of aliphatic hydroxyl groups excluding tert-OH is 1. The summed E-state index contributed by atoms with van der Waals surface area (Å²) in [6.07, 6.45) is 4.11. The quantitative estimate of drug-likeness (QED) is 0.304. The number of hydrogen-bond donors (Lipinski definition) is 1. The molecule has 3 fully saturated rings. The first-order valence-electron chi connectivity index (χ1n) is 17.0. The van der Waals surface area contributed by atoms with E-state index in [4.69, 9.17) is 9.47 Å². The van der Waals surface area contributed by atoms with Crippen molar-refractivity contribution in [1.82, 2.24) is 9.80 Å². The van der Waals surface area contributed by atoms with Crippen molar-refractivity contribution < 1.29 is 29.0 Å². The van der Waals surface area contributed by atoms with Crippen LogP contribution in [0, 0.1) is 17.8 Å². The number of carbonyl (C=O) groups is 3. The standard InChI is InChI=1S/C39H51N3O6/c1-9-21-40(28-17-19-30(20-18-28)47-11-3)34(44)31-32-35(45)42(29(25-43)23-27-15-13-12-14-16-27)33(36(46)41(22-10-2)37(5,6)7)39(32)24-26(4)38(31,8)48-39/h9-10,12-20,26,29,31-33,43H,1-2,11,21-25H2,3-8H3/t26?,29-,31-,32+,33?,38+,39?/m1/s1. The number of amides is 3. The van der Waals surface area contributed by atoms with E-state index in [-0.39, 0.29) is 43.3 Å². The lowest BCUT2D eigenvalue weighted by Gasteiger charge is -2.43. The van der Waals surface area contributed by atoms with Gasteiger partial charge in [0.05, 0.1) is 36.7 Å². The molecule has 2 aromatic rings. The predicted molar refractivity (Wildman–Crippen MR) is 186 cm³/mol. The zero-order chi connectivity index (χ0) is 35.0. The Morgan fingerprint density at radius 2 is 1.73 bits per heavy atom. The summed E-state index contributed by atoms with van der Waals surface area (Å²) in [6, 6.07) is 15.2. The minimum atomic E-state index is -1.27. The van der Waals surface area contributed by atoms with Crippen molar-refractivity contribution in [1.29, 1.82) is 0 Å². The molecule has 3 saturated heterocycles. The number of carbonyl (C=O) groups excluding carboxylic acids is 3. The molecule has 7 atom stereocenters. The second-order valence-corrected chi connectivity index (χ2v) is 14.5. The zero-order valence-electron chi connectivity index (χ0n) is 29.2. The highest BCUT2D eigenvalue weighted by Crippen LogP contribution is 2.66. The molecular weight excluding hydrogens is 606 g/mol. The normalized spacial score (nSPS) is 28.1. The van der Waals surface area contributed by atoms with Gasteiger partial charge < -0.3 is 29.3 Å². The van der Waals surface area contributed by atoms with E-state index >= 15 is 4.79 Å². The highest BCUT2D eigenvalue weighted by Gasteiger charge is 2.80. The third-order valence-corrected chi connectivity index (χ3v) is 10.6. The van der Waals surface area contributed by atoms with Gasteiger partial charge in [-0.15, -0.1) is 13.2 Å². The molecule has 0 aliphatic carbocycles. The Balaban J connectivity index is 1.64. The fourth-order valence-electron chi connectivity index (χ4n) is 8.34. The Bertz CT molecular complexity index is 1520. The fourth-order valence-corrected chi connectivity index (χ4v) is 8.34. The lowest BCUT2D eigenvalue weighted by Crippen LogP contribution is -2.62. The molecule has 9 nitrogen and oxygen atoms in total. The number of likely N-dealkylation sites (tertiary alicyclic amines) is 1. The SMILES string of the molecule is C=CCN(C(=O)[C@H]1[C@H]2C(=O)N([C@@H](CO)Cc3ccccc3)C(C(=O)N(CC=C)C(C)(C)C)C23CC(C)[C@]1(C)O3)c1ccc(OCC)cc1. The third kappa shape index (κ3) is 5.85. The number of aliphatic hydroxyl groups is 1. The van der Waals surface area contributed by atoms with Crippen LogP contribution in [0.25, 0.3) is 0 Å². The second-order valence-electron chi connectivity index (χ2n) is 14.5. The third-order valence-electron chi connectivity index (χ3n) is 10.6. The Kier molecular flexibility index (Phi) is 9.96. The van der Waals surface area contributed by atoms with Crippen LogP contribution in [-0.4, -0.2) is 87.8 Å². The molecule has 3 amide bonds. The van der Waals surface area contributed by atoms with Crippen molar-refractivity contribution in [2.24, 2.45) is 17.8 Å². The zero-order valence-corrected chi connectivity index (χ0v) is 29.2. The first-order chi connectivity index (χ1) is 22.8. The van der Waals surface area contributed by atoms with E-state index in [9.17, 15) is 14.7 Å². The molecule has 3 heterocycles. The van der Waals surface area contributed by atoms with Crippen LogP contribution < -0.4 is 9.64 Å². The number of rotatable bonds is 13. The summed E-state index contributed by atoms with van der Waals surface area (Å²) in [5.74, 6) is -2.12. The molecule has 3 aliphatic heterocycles. The largest absolute Gasteiger partial charge is 0.494 e. The van der Waals surface area contributed by atoms with Crippen molar-refractivity contribution in [2.75, 3.05) is 31.2 Å². The van der Waals surface area contributed by atoms with Gasteiger partial charge in [0, 0.05) is 24.3 Å². The van der Waals surface area contributed by atoms with Crippen LogP contribution in [-0.2, 0) is 25.5 Å². The molecule has 0 saturated carbocycles. The van der Waals surface area contributed by atoms with E-state index in [0.29, 0.717) is 30.9 Å². The smallest absolute Gasteiger partial charge is 0.249 e. The molecule has 0 radical (unpaired) electrons. The number of fused-ring (bicyclic) bond motifs is 1. The Labute approximate surface area is 285 Å². The summed E-state index contributed by atoms with van der Waals surface area (Å²) in [5, 5.41) is 10.9. The average Bonchev–Trinajstić information content (AvgIpc) is 3.57. The fraction of sp³-hybridized carbons (Fsp3) is 0.513. The lowest BCUT2D eigenvalue weighted by molar-refractivity contribution is -0.158. The number of nitrogens with zero attached hydrogens (tertiary/aromatic N) is 3.